The minimum absolute atomic E-state index is 0.208. The number of hydrogen-bond acceptors (Lipinski definition) is 2. The summed E-state index contributed by atoms with van der Waals surface area (Å²) < 4.78 is 0. The molecule has 1 aliphatic carbocycles. The molecule has 0 saturated heterocycles. The van der Waals surface area contributed by atoms with Crippen molar-refractivity contribution >= 4 is 79.2 Å². The van der Waals surface area contributed by atoms with E-state index in [2.05, 4.69) is 219 Å². The van der Waals surface area contributed by atoms with Gasteiger partial charge in [0, 0.05) is 31.7 Å². The molecule has 9 aromatic carbocycles. The predicted octanol–water partition coefficient (Wildman–Crippen LogP) is 11.6. The highest BCUT2D eigenvalue weighted by Crippen LogP contribution is 2.55. The molecule has 11 rings (SSSR count). The van der Waals surface area contributed by atoms with Gasteiger partial charge in [-0.3, -0.25) is 0 Å². The van der Waals surface area contributed by atoms with Gasteiger partial charge in [0.1, 0.15) is 0 Å². The molecule has 266 valence electrons. The van der Waals surface area contributed by atoms with Gasteiger partial charge in [-0.15, -0.1) is 0 Å². The maximum absolute atomic E-state index is 2.68. The van der Waals surface area contributed by atoms with Gasteiger partial charge in [0.15, 0.2) is 8.07 Å². The highest BCUT2D eigenvalue weighted by Gasteiger charge is 2.49. The molecule has 1 heterocycles. The maximum Gasteiger partial charge on any atom is 0.181 e. The molecule has 0 bridgehead atoms. The monoisotopic (exact) mass is 749 g/mol. The summed E-state index contributed by atoms with van der Waals surface area (Å²) in [5.41, 5.74) is 8.84. The average Bonchev–Trinajstić information content (AvgIpc) is 3.49. The van der Waals surface area contributed by atoms with E-state index in [4.69, 9.17) is 0 Å². The molecule has 0 radical (unpaired) electrons. The van der Waals surface area contributed by atoms with E-state index in [0.29, 0.717) is 0 Å². The summed E-state index contributed by atoms with van der Waals surface area (Å²) in [7, 11) is -2.68. The molecular formula is C53H39NSSi. The third-order valence-corrected chi connectivity index (χ3v) is 18.8. The zero-order valence-electron chi connectivity index (χ0n) is 31.4. The van der Waals surface area contributed by atoms with Crippen LogP contribution in [0.5, 0.6) is 0 Å². The maximum atomic E-state index is 2.51. The number of nitrogens with zero attached hydrogens (tertiary/aromatic N) is 1. The minimum Gasteiger partial charge on any atom is -0.309 e. The van der Waals surface area contributed by atoms with Crippen LogP contribution in [0.2, 0.25) is 0 Å². The van der Waals surface area contributed by atoms with E-state index < -0.39 is 8.07 Å². The molecule has 0 atom stereocenters. The molecule has 1 aliphatic heterocycles. The van der Waals surface area contributed by atoms with Crippen LogP contribution in [0.25, 0.3) is 32.7 Å². The van der Waals surface area contributed by atoms with Gasteiger partial charge in [0.05, 0.1) is 11.4 Å². The molecule has 0 unspecified atom stereocenters. The summed E-state index contributed by atoms with van der Waals surface area (Å²) in [6.07, 6.45) is 0. The van der Waals surface area contributed by atoms with Gasteiger partial charge in [-0.2, -0.15) is 0 Å². The molecule has 0 fully saturated rings. The van der Waals surface area contributed by atoms with Crippen LogP contribution in [0.4, 0.5) is 17.1 Å². The lowest BCUT2D eigenvalue weighted by molar-refractivity contribution is 0.660. The Morgan fingerprint density at radius 3 is 1.66 bits per heavy atom. The first kappa shape index (κ1) is 33.2. The van der Waals surface area contributed by atoms with E-state index in [1.54, 1.807) is 0 Å². The van der Waals surface area contributed by atoms with Crippen LogP contribution >= 0.6 is 11.8 Å². The average molecular weight is 750 g/mol. The number of fused-ring (bicyclic) bond motifs is 8. The third kappa shape index (κ3) is 4.74. The first-order valence-corrected chi connectivity index (χ1v) is 22.3. The fraction of sp³-hybridized carbons (Fsp3) is 0.0566. The molecule has 0 spiro atoms. The van der Waals surface area contributed by atoms with Crippen LogP contribution < -0.4 is 25.6 Å². The van der Waals surface area contributed by atoms with Crippen molar-refractivity contribution in [2.24, 2.45) is 0 Å². The highest BCUT2D eigenvalue weighted by atomic mass is 32.2. The normalized spacial score (nSPS) is 14.5. The topological polar surface area (TPSA) is 3.24 Å². The Balaban J connectivity index is 1.17. The van der Waals surface area contributed by atoms with Gasteiger partial charge in [0.2, 0.25) is 0 Å². The molecule has 1 nitrogen and oxygen atoms in total. The minimum atomic E-state index is -2.68. The van der Waals surface area contributed by atoms with Gasteiger partial charge in [-0.1, -0.05) is 195 Å². The van der Waals surface area contributed by atoms with Crippen molar-refractivity contribution in [1.82, 2.24) is 0 Å². The number of anilines is 3. The van der Waals surface area contributed by atoms with Crippen LogP contribution in [0, 0.1) is 0 Å². The second-order valence-corrected chi connectivity index (χ2v) is 20.4. The summed E-state index contributed by atoms with van der Waals surface area (Å²) in [6, 6.07) is 75.1. The summed E-state index contributed by atoms with van der Waals surface area (Å²) in [5.74, 6) is 0. The first-order valence-electron chi connectivity index (χ1n) is 19.5. The van der Waals surface area contributed by atoms with E-state index in [-0.39, 0.29) is 5.41 Å². The molecule has 0 saturated carbocycles. The molecule has 2 aliphatic rings. The number of benzene rings is 9. The van der Waals surface area contributed by atoms with Crippen LogP contribution in [0.3, 0.4) is 0 Å². The first-order chi connectivity index (χ1) is 27.5. The zero-order chi connectivity index (χ0) is 37.4. The molecule has 3 heteroatoms. The van der Waals surface area contributed by atoms with Crippen molar-refractivity contribution in [3.05, 3.63) is 211 Å². The second-order valence-electron chi connectivity index (χ2n) is 15.6. The van der Waals surface area contributed by atoms with Crippen molar-refractivity contribution < 1.29 is 0 Å². The molecule has 56 heavy (non-hydrogen) atoms. The molecule has 0 N–H and O–H groups in total. The van der Waals surface area contributed by atoms with Crippen molar-refractivity contribution in [2.45, 2.75) is 29.1 Å². The van der Waals surface area contributed by atoms with Crippen LogP contribution in [0.15, 0.2) is 210 Å². The Morgan fingerprint density at radius 2 is 1.02 bits per heavy atom. The quantitative estimate of drug-likeness (QED) is 0.161. The lowest BCUT2D eigenvalue weighted by Gasteiger charge is -2.40. The fourth-order valence-electron chi connectivity index (χ4n) is 9.82. The van der Waals surface area contributed by atoms with E-state index in [1.165, 1.54) is 91.4 Å². The van der Waals surface area contributed by atoms with Crippen molar-refractivity contribution in [1.29, 1.82) is 0 Å². The largest absolute Gasteiger partial charge is 0.309 e. The van der Waals surface area contributed by atoms with E-state index >= 15 is 0 Å². The fourth-order valence-corrected chi connectivity index (χ4v) is 16.9. The van der Waals surface area contributed by atoms with E-state index in [0.717, 1.165) is 0 Å². The molecular weight excluding hydrogens is 711 g/mol. The SMILES string of the molecule is CC1(C)c2cc(N(c3cccc4ccccc34)c3cccc4ccccc34)ccc2-c2c1ccc1c2Sc2ccccc2[Si]1(c1ccccc1)c1ccccc1. The second kappa shape index (κ2) is 12.7. The lowest BCUT2D eigenvalue weighted by Crippen LogP contribution is -2.76. The summed E-state index contributed by atoms with van der Waals surface area (Å²) in [5, 5.41) is 10.7. The van der Waals surface area contributed by atoms with Crippen molar-refractivity contribution in [2.75, 3.05) is 4.90 Å². The Hall–Kier alpha value is -6.13. The standard InChI is InChI=1S/C53H39NSSi/c1-53(2)44-33-34-50-52(55-48-29-13-14-30-49(48)56(50,39-21-5-3-6-22-39)40-23-7-4-8-24-40)51(44)43-32-31-38(35-45(43)53)54(46-27-15-19-36-17-9-11-25-41(36)46)47-28-16-20-37-18-10-12-26-42(37)47/h3-35H,1-2H3. The zero-order valence-corrected chi connectivity index (χ0v) is 33.2. The predicted molar refractivity (Wildman–Crippen MR) is 241 cm³/mol. The summed E-state index contributed by atoms with van der Waals surface area (Å²) in [4.78, 5) is 5.28. The molecule has 0 amide bonds. The van der Waals surface area contributed by atoms with Crippen LogP contribution in [-0.2, 0) is 5.41 Å². The molecule has 9 aromatic rings. The number of hydrogen-bond donors (Lipinski definition) is 0. The molecule has 0 aromatic heterocycles. The smallest absolute Gasteiger partial charge is 0.181 e. The van der Waals surface area contributed by atoms with E-state index in [9.17, 15) is 0 Å². The van der Waals surface area contributed by atoms with Crippen LogP contribution in [0.1, 0.15) is 25.0 Å². The lowest BCUT2D eigenvalue weighted by atomic mass is 9.82. The Bertz CT molecular complexity index is 2860. The highest BCUT2D eigenvalue weighted by molar-refractivity contribution is 8.00. The van der Waals surface area contributed by atoms with Crippen molar-refractivity contribution in [3.63, 3.8) is 0 Å². The Labute approximate surface area is 333 Å². The van der Waals surface area contributed by atoms with Gasteiger partial charge >= 0.3 is 0 Å². The van der Waals surface area contributed by atoms with Crippen molar-refractivity contribution in [3.8, 4) is 11.1 Å². The van der Waals surface area contributed by atoms with Gasteiger partial charge in [0.25, 0.3) is 0 Å². The number of rotatable bonds is 5. The van der Waals surface area contributed by atoms with Gasteiger partial charge < -0.3 is 4.90 Å². The summed E-state index contributed by atoms with van der Waals surface area (Å²) >= 11 is 1.98. The van der Waals surface area contributed by atoms with Gasteiger partial charge in [-0.05, 0) is 84.1 Å². The van der Waals surface area contributed by atoms with Gasteiger partial charge in [-0.25, -0.2) is 0 Å². The third-order valence-electron chi connectivity index (χ3n) is 12.4. The van der Waals surface area contributed by atoms with E-state index in [1.807, 2.05) is 11.8 Å². The van der Waals surface area contributed by atoms with Crippen LogP contribution in [-0.4, -0.2) is 8.07 Å². The Kier molecular flexibility index (Phi) is 7.54. The summed E-state index contributed by atoms with van der Waals surface area (Å²) in [6.45, 7) is 4.85. The Morgan fingerprint density at radius 1 is 0.464 bits per heavy atom.